The molecule has 0 radical (unpaired) electrons. The molecule has 0 spiro atoms. The number of carbonyl (C=O) groups is 1. The van der Waals surface area contributed by atoms with Crippen molar-refractivity contribution in [3.8, 4) is 0 Å². The molecule has 0 aliphatic carbocycles. The zero-order valence-corrected chi connectivity index (χ0v) is 11.5. The van der Waals surface area contributed by atoms with Gasteiger partial charge in [-0.2, -0.15) is 0 Å². The van der Waals surface area contributed by atoms with Crippen LogP contribution in [0.1, 0.15) is 6.92 Å². The molecular weight excluding hydrogens is 308 g/mol. The second kappa shape index (κ2) is 5.97. The van der Waals surface area contributed by atoms with Gasteiger partial charge in [-0.05, 0) is 31.2 Å². The van der Waals surface area contributed by atoms with E-state index in [4.69, 9.17) is 0 Å². The number of hydrogen-bond donors (Lipinski definition) is 0. The SMILES string of the molecule is CCOC(=O)/C=C/S(=O)(=O)c1ccc(Br)cc1. The maximum absolute atomic E-state index is 11.7. The third-order valence-corrected chi connectivity index (χ3v) is 3.76. The van der Waals surface area contributed by atoms with E-state index in [0.29, 0.717) is 0 Å². The molecule has 0 heterocycles. The summed E-state index contributed by atoms with van der Waals surface area (Å²) in [5.41, 5.74) is 0. The van der Waals surface area contributed by atoms with Crippen molar-refractivity contribution in [2.45, 2.75) is 11.8 Å². The van der Waals surface area contributed by atoms with Crippen molar-refractivity contribution in [1.29, 1.82) is 0 Å². The number of sulfone groups is 1. The van der Waals surface area contributed by atoms with E-state index in [2.05, 4.69) is 20.7 Å². The summed E-state index contributed by atoms with van der Waals surface area (Å²) in [6.07, 6.45) is 0.904. The first kappa shape index (κ1) is 13.9. The summed E-state index contributed by atoms with van der Waals surface area (Å²) in [6, 6.07) is 6.14. The quantitative estimate of drug-likeness (QED) is 0.631. The molecule has 6 heteroatoms. The Bertz CT molecular complexity index is 517. The highest BCUT2D eigenvalue weighted by molar-refractivity contribution is 9.10. The first-order valence-corrected chi connectivity index (χ1v) is 7.15. The highest BCUT2D eigenvalue weighted by atomic mass is 79.9. The molecule has 0 saturated heterocycles. The molecule has 0 aliphatic rings. The predicted molar refractivity (Wildman–Crippen MR) is 67.1 cm³/mol. The predicted octanol–water partition coefficient (Wildman–Crippen LogP) is 2.30. The maximum Gasteiger partial charge on any atom is 0.331 e. The van der Waals surface area contributed by atoms with Crippen molar-refractivity contribution < 1.29 is 17.9 Å². The van der Waals surface area contributed by atoms with Crippen LogP contribution in [0.3, 0.4) is 0 Å². The van der Waals surface area contributed by atoms with Gasteiger partial charge in [-0.3, -0.25) is 0 Å². The van der Waals surface area contributed by atoms with Gasteiger partial charge in [-0.15, -0.1) is 0 Å². The van der Waals surface area contributed by atoms with Crippen molar-refractivity contribution in [3.05, 3.63) is 40.2 Å². The van der Waals surface area contributed by atoms with Crippen molar-refractivity contribution >= 4 is 31.7 Å². The number of rotatable bonds is 4. The molecule has 1 aromatic carbocycles. The number of ether oxygens (including phenoxy) is 1. The van der Waals surface area contributed by atoms with Gasteiger partial charge in [0.25, 0.3) is 0 Å². The van der Waals surface area contributed by atoms with E-state index >= 15 is 0 Å². The third kappa shape index (κ3) is 4.32. The van der Waals surface area contributed by atoms with E-state index in [-0.39, 0.29) is 11.5 Å². The van der Waals surface area contributed by atoms with Gasteiger partial charge in [-0.25, -0.2) is 13.2 Å². The van der Waals surface area contributed by atoms with Gasteiger partial charge in [0.2, 0.25) is 0 Å². The molecule has 1 rings (SSSR count). The Morgan fingerprint density at radius 3 is 2.47 bits per heavy atom. The zero-order chi connectivity index (χ0) is 12.9. The second-order valence-electron chi connectivity index (χ2n) is 3.05. The Morgan fingerprint density at radius 2 is 1.94 bits per heavy atom. The van der Waals surface area contributed by atoms with Crippen LogP contribution >= 0.6 is 15.9 Å². The summed E-state index contributed by atoms with van der Waals surface area (Å²) in [4.78, 5) is 11.1. The first-order chi connectivity index (χ1) is 7.95. The van der Waals surface area contributed by atoms with Crippen molar-refractivity contribution in [2.24, 2.45) is 0 Å². The largest absolute Gasteiger partial charge is 0.463 e. The van der Waals surface area contributed by atoms with Crippen LogP contribution in [0, 0.1) is 0 Å². The van der Waals surface area contributed by atoms with Gasteiger partial charge in [0.1, 0.15) is 0 Å². The average Bonchev–Trinajstić information content (AvgIpc) is 2.28. The molecule has 0 amide bonds. The van der Waals surface area contributed by atoms with E-state index in [1.165, 1.54) is 12.1 Å². The maximum atomic E-state index is 11.7. The van der Waals surface area contributed by atoms with Crippen molar-refractivity contribution in [2.75, 3.05) is 6.61 Å². The standard InChI is InChI=1S/C11H11BrO4S/c1-2-16-11(13)7-8-17(14,15)10-5-3-9(12)4-6-10/h3-8H,2H2,1H3/b8-7+. The van der Waals surface area contributed by atoms with Crippen LogP contribution in [0.2, 0.25) is 0 Å². The molecule has 17 heavy (non-hydrogen) atoms. The van der Waals surface area contributed by atoms with Crippen LogP contribution in [-0.2, 0) is 19.4 Å². The Hall–Kier alpha value is -1.14. The number of benzene rings is 1. The molecule has 92 valence electrons. The number of hydrogen-bond acceptors (Lipinski definition) is 4. The fourth-order valence-corrected chi connectivity index (χ4v) is 2.27. The fraction of sp³-hybridized carbons (Fsp3) is 0.182. The minimum Gasteiger partial charge on any atom is -0.463 e. The lowest BCUT2D eigenvalue weighted by Gasteiger charge is -1.99. The normalized spacial score (nSPS) is 11.6. The van der Waals surface area contributed by atoms with E-state index in [1.807, 2.05) is 0 Å². The molecule has 0 atom stereocenters. The summed E-state index contributed by atoms with van der Waals surface area (Å²) < 4.78 is 28.9. The fourth-order valence-electron chi connectivity index (χ4n) is 1.04. The molecule has 0 aromatic heterocycles. The Balaban J connectivity index is 2.89. The number of halogens is 1. The number of esters is 1. The van der Waals surface area contributed by atoms with Crippen molar-refractivity contribution in [3.63, 3.8) is 0 Å². The van der Waals surface area contributed by atoms with Gasteiger partial charge in [0.15, 0.2) is 9.84 Å². The molecule has 0 N–H and O–H groups in total. The van der Waals surface area contributed by atoms with Crippen molar-refractivity contribution in [1.82, 2.24) is 0 Å². The smallest absolute Gasteiger partial charge is 0.331 e. The minimum absolute atomic E-state index is 0.126. The van der Waals surface area contributed by atoms with Crippen LogP contribution in [-0.4, -0.2) is 21.0 Å². The monoisotopic (exact) mass is 318 g/mol. The molecule has 0 saturated carbocycles. The lowest BCUT2D eigenvalue weighted by Crippen LogP contribution is -2.02. The van der Waals surface area contributed by atoms with E-state index in [1.54, 1.807) is 19.1 Å². The lowest BCUT2D eigenvalue weighted by atomic mass is 10.4. The first-order valence-electron chi connectivity index (χ1n) is 4.81. The third-order valence-electron chi connectivity index (χ3n) is 1.81. The number of carbonyl (C=O) groups excluding carboxylic acids is 1. The molecule has 0 unspecified atom stereocenters. The lowest BCUT2D eigenvalue weighted by molar-refractivity contribution is -0.137. The molecule has 0 fully saturated rings. The summed E-state index contributed by atoms with van der Waals surface area (Å²) in [6.45, 7) is 1.86. The summed E-state index contributed by atoms with van der Waals surface area (Å²) in [5, 5.41) is 0.841. The van der Waals surface area contributed by atoms with Gasteiger partial charge >= 0.3 is 5.97 Å². The van der Waals surface area contributed by atoms with E-state index < -0.39 is 15.8 Å². The molecule has 4 nitrogen and oxygen atoms in total. The summed E-state index contributed by atoms with van der Waals surface area (Å²) >= 11 is 3.21. The van der Waals surface area contributed by atoms with Gasteiger partial charge < -0.3 is 4.74 Å². The van der Waals surface area contributed by atoms with E-state index in [9.17, 15) is 13.2 Å². The molecule has 0 bridgehead atoms. The molecule has 0 aliphatic heterocycles. The molecule has 1 aromatic rings. The highest BCUT2D eigenvalue weighted by Crippen LogP contribution is 2.16. The molecular formula is C11H11BrO4S. The van der Waals surface area contributed by atoms with Crippen LogP contribution < -0.4 is 0 Å². The minimum atomic E-state index is -3.59. The summed E-state index contributed by atoms with van der Waals surface area (Å²) in [5.74, 6) is -0.673. The second-order valence-corrected chi connectivity index (χ2v) is 5.80. The topological polar surface area (TPSA) is 60.4 Å². The van der Waals surface area contributed by atoms with Gasteiger partial charge in [0, 0.05) is 16.0 Å². The van der Waals surface area contributed by atoms with E-state index in [0.717, 1.165) is 16.0 Å². The van der Waals surface area contributed by atoms with Crippen LogP contribution in [0.15, 0.2) is 45.1 Å². The van der Waals surface area contributed by atoms with Crippen LogP contribution in [0.4, 0.5) is 0 Å². The van der Waals surface area contributed by atoms with Gasteiger partial charge in [-0.1, -0.05) is 15.9 Å². The Labute approximate surface area is 108 Å². The van der Waals surface area contributed by atoms with Gasteiger partial charge in [0.05, 0.1) is 11.5 Å². The average molecular weight is 319 g/mol. The van der Waals surface area contributed by atoms with Crippen LogP contribution in [0.25, 0.3) is 0 Å². The van der Waals surface area contributed by atoms with Crippen LogP contribution in [0.5, 0.6) is 0 Å². The Kier molecular flexibility index (Phi) is 4.89. The zero-order valence-electron chi connectivity index (χ0n) is 9.09. The summed E-state index contributed by atoms with van der Waals surface area (Å²) in [7, 11) is -3.59. The highest BCUT2D eigenvalue weighted by Gasteiger charge is 2.10. The Morgan fingerprint density at radius 1 is 1.35 bits per heavy atom.